The molecule has 0 aliphatic carbocycles. The van der Waals surface area contributed by atoms with Crippen molar-refractivity contribution in [3.05, 3.63) is 39.1 Å². The van der Waals surface area contributed by atoms with Gasteiger partial charge < -0.3 is 0 Å². The van der Waals surface area contributed by atoms with Crippen LogP contribution in [-0.2, 0) is 29.2 Å². The number of hydrogen-bond donors (Lipinski definition) is 0. The molecule has 0 unspecified atom stereocenters. The van der Waals surface area contributed by atoms with E-state index in [1.54, 1.807) is 0 Å². The molecule has 0 radical (unpaired) electrons. The summed E-state index contributed by atoms with van der Waals surface area (Å²) in [5.41, 5.74) is -1.98. The van der Waals surface area contributed by atoms with Crippen LogP contribution in [0.25, 0.3) is 0 Å². The first-order chi connectivity index (χ1) is 12.7. The van der Waals surface area contributed by atoms with Crippen LogP contribution in [0.1, 0.15) is 27.9 Å². The van der Waals surface area contributed by atoms with Gasteiger partial charge in [-0.3, -0.25) is 4.79 Å². The van der Waals surface area contributed by atoms with Gasteiger partial charge in [-0.15, -0.1) is 0 Å². The highest BCUT2D eigenvalue weighted by atomic mass is 32.2. The molecule has 1 heterocycles. The van der Waals surface area contributed by atoms with E-state index in [1.165, 1.54) is 6.92 Å². The van der Waals surface area contributed by atoms with Crippen LogP contribution in [0.3, 0.4) is 0 Å². The Kier molecular flexibility index (Phi) is 5.76. The fourth-order valence-electron chi connectivity index (χ4n) is 2.00. The maximum Gasteiger partial charge on any atom is 0.445 e. The fraction of sp³-hybridized carbons (Fsp3) is 0.357. The number of benzene rings is 1. The van der Waals surface area contributed by atoms with Crippen LogP contribution in [-0.4, -0.2) is 29.9 Å². The number of aromatic nitrogens is 2. The van der Waals surface area contributed by atoms with Crippen LogP contribution in [0, 0.1) is 0 Å². The van der Waals surface area contributed by atoms with Crippen molar-refractivity contribution in [1.82, 2.24) is 9.78 Å². The average molecular weight is 447 g/mol. The van der Waals surface area contributed by atoms with Gasteiger partial charge in [-0.2, -0.15) is 36.4 Å². The van der Waals surface area contributed by atoms with Gasteiger partial charge in [-0.25, -0.2) is 13.1 Å². The summed E-state index contributed by atoms with van der Waals surface area (Å²) in [5, 5.41) is 1.86. The van der Waals surface area contributed by atoms with Gasteiger partial charge in [0, 0.05) is 7.05 Å². The quantitative estimate of drug-likeness (QED) is 0.678. The molecule has 0 aliphatic heterocycles. The lowest BCUT2D eigenvalue weighted by Gasteiger charge is -2.11. The Balaban J connectivity index is 2.65. The highest BCUT2D eigenvalue weighted by molar-refractivity contribution is 7.91. The molecule has 1 aromatic carbocycles. The molecule has 0 bridgehead atoms. The van der Waals surface area contributed by atoms with Crippen LogP contribution < -0.4 is 4.80 Å². The van der Waals surface area contributed by atoms with E-state index in [2.05, 4.69) is 10.1 Å². The number of rotatable bonds is 3. The summed E-state index contributed by atoms with van der Waals surface area (Å²) in [6.45, 7) is 1.17. The molecule has 0 N–H and O–H groups in total. The van der Waals surface area contributed by atoms with E-state index in [9.17, 15) is 39.6 Å². The van der Waals surface area contributed by atoms with Gasteiger partial charge in [0.1, 0.15) is 0 Å². The Bertz CT molecular complexity index is 1080. The minimum Gasteiger partial charge on any atom is -0.267 e. The zero-order chi connectivity index (χ0) is 21.5. The van der Waals surface area contributed by atoms with Crippen molar-refractivity contribution in [1.29, 1.82) is 0 Å². The number of carbonyl (C=O) groups is 1. The third-order valence-electron chi connectivity index (χ3n) is 3.40. The van der Waals surface area contributed by atoms with Crippen molar-refractivity contribution in [2.24, 2.45) is 12.0 Å². The van der Waals surface area contributed by atoms with E-state index in [0.29, 0.717) is 22.9 Å². The maximum atomic E-state index is 12.9. The summed E-state index contributed by atoms with van der Waals surface area (Å²) in [7, 11) is -3.18. The van der Waals surface area contributed by atoms with Crippen LogP contribution >= 0.6 is 11.3 Å². The van der Waals surface area contributed by atoms with Gasteiger partial charge in [0.2, 0.25) is 9.81 Å². The van der Waals surface area contributed by atoms with Gasteiger partial charge in [0.15, 0.2) is 9.84 Å². The molecule has 0 saturated heterocycles. The summed E-state index contributed by atoms with van der Waals surface area (Å²) < 4.78 is 102. The van der Waals surface area contributed by atoms with Crippen LogP contribution in [0.5, 0.6) is 0 Å². The lowest BCUT2D eigenvalue weighted by molar-refractivity contribution is -0.138. The summed E-state index contributed by atoms with van der Waals surface area (Å²) in [6.07, 6.45) is -9.65. The largest absolute Gasteiger partial charge is 0.445 e. The molecule has 0 atom stereocenters. The predicted molar refractivity (Wildman–Crippen MR) is 85.2 cm³/mol. The zero-order valence-electron chi connectivity index (χ0n) is 14.1. The number of carbonyl (C=O) groups excluding carboxylic acids is 1. The second-order valence-electron chi connectivity index (χ2n) is 5.34. The van der Waals surface area contributed by atoms with Crippen LogP contribution in [0.2, 0.25) is 0 Å². The first-order valence-corrected chi connectivity index (χ1v) is 9.78. The number of hydrogen-bond acceptors (Lipinski definition) is 5. The Labute approximate surface area is 158 Å². The van der Waals surface area contributed by atoms with E-state index in [0.717, 1.165) is 7.05 Å². The Morgan fingerprint density at radius 1 is 1.18 bits per heavy atom. The van der Waals surface area contributed by atoms with Crippen LogP contribution in [0.15, 0.2) is 28.1 Å². The molecule has 14 heteroatoms. The van der Waals surface area contributed by atoms with E-state index in [4.69, 9.17) is 0 Å². The van der Waals surface area contributed by atoms with Gasteiger partial charge in [-0.1, -0.05) is 18.3 Å². The fourth-order valence-corrected chi connectivity index (χ4v) is 3.86. The molecule has 0 saturated carbocycles. The minimum atomic E-state index is -4.86. The third kappa shape index (κ3) is 4.60. The van der Waals surface area contributed by atoms with E-state index < -0.39 is 59.7 Å². The van der Waals surface area contributed by atoms with Crippen molar-refractivity contribution in [2.75, 3.05) is 5.75 Å². The molecule has 0 aliphatic rings. The molecule has 2 rings (SSSR count). The highest BCUT2D eigenvalue weighted by Crippen LogP contribution is 2.32. The monoisotopic (exact) mass is 447 g/mol. The first kappa shape index (κ1) is 22.1. The average Bonchev–Trinajstić information content (AvgIpc) is 2.94. The number of alkyl halides is 6. The predicted octanol–water partition coefficient (Wildman–Crippen LogP) is 3.05. The Morgan fingerprint density at radius 3 is 2.25 bits per heavy atom. The Hall–Kier alpha value is -2.22. The number of aryl methyl sites for hydroxylation is 1. The normalized spacial score (nSPS) is 13.8. The van der Waals surface area contributed by atoms with Crippen LogP contribution in [0.4, 0.5) is 26.3 Å². The lowest BCUT2D eigenvalue weighted by Crippen LogP contribution is -2.17. The number of nitrogens with zero attached hydrogens (tertiary/aromatic N) is 3. The molecule has 0 fully saturated rings. The summed E-state index contributed by atoms with van der Waals surface area (Å²) in [5.74, 6) is -1.91. The summed E-state index contributed by atoms with van der Waals surface area (Å²) in [4.78, 5) is 14.3. The molecular formula is C14H11F6N3O3S2. The second-order valence-corrected chi connectivity index (χ2v) is 8.54. The second kappa shape index (κ2) is 7.31. The Morgan fingerprint density at radius 2 is 1.79 bits per heavy atom. The topological polar surface area (TPSA) is 81.4 Å². The molecule has 0 spiro atoms. The smallest absolute Gasteiger partial charge is 0.267 e. The molecular weight excluding hydrogens is 436 g/mol. The number of halogens is 6. The van der Waals surface area contributed by atoms with Crippen molar-refractivity contribution >= 4 is 27.1 Å². The summed E-state index contributed by atoms with van der Waals surface area (Å²) >= 11 is 0.0259. The third-order valence-corrected chi connectivity index (χ3v) is 6.21. The van der Waals surface area contributed by atoms with Crippen molar-refractivity contribution in [3.8, 4) is 0 Å². The standard InChI is InChI=1S/C14H11F6N3O3S2/c1-3-28(25,26)9-6-7(13(15,16)17)4-5-8(9)10(24)21-12-23(2)22-11(27-12)14(18,19)20/h4-6H,3H2,1-2H3. The molecule has 154 valence electrons. The number of sulfone groups is 1. The van der Waals surface area contributed by atoms with Gasteiger partial charge in [0.25, 0.3) is 5.91 Å². The SMILES string of the molecule is CCS(=O)(=O)c1cc(C(F)(F)F)ccc1C(=O)N=c1sc(C(F)(F)F)nn1C. The van der Waals surface area contributed by atoms with Gasteiger partial charge in [-0.05, 0) is 18.2 Å². The molecule has 6 nitrogen and oxygen atoms in total. The van der Waals surface area contributed by atoms with Crippen molar-refractivity contribution < 1.29 is 39.6 Å². The van der Waals surface area contributed by atoms with E-state index in [-0.39, 0.29) is 11.3 Å². The summed E-state index contributed by atoms with van der Waals surface area (Å²) in [6, 6.07) is 1.42. The van der Waals surface area contributed by atoms with E-state index in [1.807, 2.05) is 0 Å². The lowest BCUT2D eigenvalue weighted by atomic mass is 10.1. The zero-order valence-corrected chi connectivity index (χ0v) is 15.7. The van der Waals surface area contributed by atoms with Gasteiger partial charge in [0.05, 0.1) is 21.8 Å². The maximum absolute atomic E-state index is 12.9. The first-order valence-electron chi connectivity index (χ1n) is 7.31. The van der Waals surface area contributed by atoms with Crippen molar-refractivity contribution in [3.63, 3.8) is 0 Å². The van der Waals surface area contributed by atoms with Gasteiger partial charge >= 0.3 is 12.4 Å². The molecule has 2 aromatic rings. The molecule has 28 heavy (non-hydrogen) atoms. The molecule has 1 amide bonds. The van der Waals surface area contributed by atoms with E-state index >= 15 is 0 Å². The molecule has 1 aromatic heterocycles. The van der Waals surface area contributed by atoms with Crippen molar-refractivity contribution in [2.45, 2.75) is 24.2 Å². The number of amides is 1. The highest BCUT2D eigenvalue weighted by Gasteiger charge is 2.36. The minimum absolute atomic E-state index is 0.0259.